The molecule has 0 saturated heterocycles. The summed E-state index contributed by atoms with van der Waals surface area (Å²) in [6.45, 7) is 61.7. The van der Waals surface area contributed by atoms with Gasteiger partial charge in [0.05, 0.1) is 10.7 Å². The Morgan fingerprint density at radius 1 is 0.374 bits per heavy atom. The Morgan fingerprint density at radius 2 is 0.828 bits per heavy atom. The number of fused-ring (bicyclic) bond motifs is 14. The molecule has 7 aliphatic rings. The minimum atomic E-state index is -0.364. The maximum Gasteiger partial charge on any atom is 0.334 e. The molecule has 3 heterocycles. The summed E-state index contributed by atoms with van der Waals surface area (Å²) >= 11 is 2.06. The Morgan fingerprint density at radius 3 is 1.34 bits per heavy atom. The first-order valence-corrected chi connectivity index (χ1v) is 38.8. The van der Waals surface area contributed by atoms with Crippen LogP contribution in [0.25, 0.3) is 32.3 Å². The van der Waals surface area contributed by atoms with Crippen LogP contribution in [-0.4, -0.2) is 6.85 Å². The number of benzene rings is 8. The molecule has 9 aromatic rings. The molecule has 0 atom stereocenters. The van der Waals surface area contributed by atoms with Gasteiger partial charge in [0.2, 0.25) is 0 Å². The highest BCUT2D eigenvalue weighted by Crippen LogP contribution is 2.63. The minimum Gasteiger partial charge on any atom is -0.376 e. The molecule has 5 heteroatoms. The molecular weight excluding hydrogens is 1210 g/mol. The zero-order chi connectivity index (χ0) is 70.8. The van der Waals surface area contributed by atoms with E-state index in [1.54, 1.807) is 0 Å². The lowest BCUT2D eigenvalue weighted by molar-refractivity contribution is 0.331. The molecule has 0 radical (unpaired) electrons. The number of nitrogens with zero attached hydrogens (tertiary/aromatic N) is 3. The highest BCUT2D eigenvalue weighted by Gasteiger charge is 2.53. The summed E-state index contributed by atoms with van der Waals surface area (Å²) in [6.07, 6.45) is 9.33. The predicted molar refractivity (Wildman–Crippen MR) is 431 cm³/mol. The van der Waals surface area contributed by atoms with Crippen molar-refractivity contribution in [3.05, 3.63) is 200 Å². The lowest BCUT2D eigenvalue weighted by Crippen LogP contribution is -2.61. The standard InChI is InChI=1S/C94H112BN3S/c1-55-46-68-73(92(20,21)44-40-87(68,10)11)53-76(55)97-77-49-61(96(58-30-26-56(27-31-58)84(2,3)4)59-32-28-57(29-33-59)85(5,6)7)47-65-79-75(37-35-62-63-50-70-72(52-67(63)94(24,25)80(62)79)91(18,19)43-41-89(70,14)15)98(60-34-36-66-69(48-60)88(12,13)39-38-86(66,8)9)95(81(65)77)82-64-51-71-74(54-78(64)99-83(82)97)93(22,23)45-42-90(71,16)17/h26-37,46-54H,38-45H2,1-25H3. The largest absolute Gasteiger partial charge is 0.376 e. The van der Waals surface area contributed by atoms with Crippen molar-refractivity contribution in [1.29, 1.82) is 0 Å². The fourth-order valence-corrected chi connectivity index (χ4v) is 21.3. The van der Waals surface area contributed by atoms with Gasteiger partial charge in [0.1, 0.15) is 0 Å². The van der Waals surface area contributed by atoms with E-state index < -0.39 is 0 Å². The normalized spacial score (nSPS) is 20.7. The smallest absolute Gasteiger partial charge is 0.334 e. The second-order valence-electron chi connectivity index (χ2n) is 40.1. The number of thiophene rings is 1. The van der Waals surface area contributed by atoms with Crippen LogP contribution < -0.4 is 25.5 Å². The van der Waals surface area contributed by atoms with Gasteiger partial charge in [-0.3, -0.25) is 0 Å². The topological polar surface area (TPSA) is 9.72 Å². The van der Waals surface area contributed by atoms with Gasteiger partial charge in [0.25, 0.3) is 0 Å². The Hall–Kier alpha value is -6.82. The average Bonchev–Trinajstić information content (AvgIpc) is 1.61. The molecule has 0 spiro atoms. The van der Waals surface area contributed by atoms with E-state index in [1.807, 2.05) is 0 Å². The lowest BCUT2D eigenvalue weighted by Gasteiger charge is -2.48. The van der Waals surface area contributed by atoms with E-state index in [-0.39, 0.29) is 66.4 Å². The molecule has 0 N–H and O–H groups in total. The van der Waals surface area contributed by atoms with Gasteiger partial charge in [-0.1, -0.05) is 215 Å². The number of anilines is 8. The molecule has 99 heavy (non-hydrogen) atoms. The molecule has 512 valence electrons. The predicted octanol–water partition coefficient (Wildman–Crippen LogP) is 25.7. The van der Waals surface area contributed by atoms with Crippen LogP contribution in [0.15, 0.2) is 127 Å². The molecule has 1 aromatic heterocycles. The van der Waals surface area contributed by atoms with E-state index in [0.717, 1.165) is 30.6 Å². The molecular formula is C94H112BN3S. The molecule has 0 unspecified atom stereocenters. The maximum atomic E-state index is 2.92. The van der Waals surface area contributed by atoms with Crippen molar-refractivity contribution in [2.45, 2.75) is 284 Å². The SMILES string of the molecule is Cc1cc2c(cc1N1c3cc(N(c4ccc(C(C)(C)C)cc4)c4ccc(C(C)(C)C)cc4)cc4c3B(c3c1sc1cc5c(cc31)C(C)(C)CCC5(C)C)N(c1ccc3c(c1)C(C)(C)CCC3(C)C)c1ccc3c(c1-4)C(C)(C)c1cc4c(cc1-3)C(C)(C)CCC4(C)C)C(C)(C)CCC2(C)C. The summed E-state index contributed by atoms with van der Waals surface area (Å²) in [6, 6.07) is 53.8. The Labute approximate surface area is 600 Å². The number of aryl methyl sites for hydroxylation is 1. The zero-order valence-corrected chi connectivity index (χ0v) is 65.9. The maximum absolute atomic E-state index is 2.92. The first-order chi connectivity index (χ1) is 45.9. The van der Waals surface area contributed by atoms with E-state index in [2.05, 4.69) is 326 Å². The first kappa shape index (κ1) is 66.7. The molecule has 0 amide bonds. The van der Waals surface area contributed by atoms with Crippen LogP contribution in [0.4, 0.5) is 44.8 Å². The van der Waals surface area contributed by atoms with E-state index in [9.17, 15) is 0 Å². The Kier molecular flexibility index (Phi) is 14.1. The van der Waals surface area contributed by atoms with Crippen molar-refractivity contribution in [2.24, 2.45) is 0 Å². The Bertz CT molecular complexity index is 4860. The fourth-order valence-electron chi connectivity index (χ4n) is 20.0. The average molecular weight is 1330 g/mol. The second kappa shape index (κ2) is 20.9. The third kappa shape index (κ3) is 9.86. The van der Waals surface area contributed by atoms with Crippen LogP contribution in [0, 0.1) is 6.92 Å². The molecule has 16 rings (SSSR count). The summed E-state index contributed by atoms with van der Waals surface area (Å²) in [7, 11) is 0. The molecule has 0 fully saturated rings. The summed E-state index contributed by atoms with van der Waals surface area (Å²) < 4.78 is 1.39. The van der Waals surface area contributed by atoms with Crippen LogP contribution in [0.3, 0.4) is 0 Å². The third-order valence-corrected chi connectivity index (χ3v) is 28.3. The molecule has 3 nitrogen and oxygen atoms in total. The number of hydrogen-bond donors (Lipinski definition) is 0. The van der Waals surface area contributed by atoms with Crippen molar-refractivity contribution in [3.63, 3.8) is 0 Å². The lowest BCUT2D eigenvalue weighted by atomic mass is 9.43. The zero-order valence-electron chi connectivity index (χ0n) is 65.1. The summed E-state index contributed by atoms with van der Waals surface area (Å²) in [5.74, 6) is 0. The van der Waals surface area contributed by atoms with Crippen LogP contribution in [0.2, 0.25) is 0 Å². The highest BCUT2D eigenvalue weighted by atomic mass is 32.1. The Balaban J connectivity index is 1.10. The van der Waals surface area contributed by atoms with Crippen molar-refractivity contribution in [2.75, 3.05) is 14.6 Å². The minimum absolute atomic E-state index is 0.00726. The van der Waals surface area contributed by atoms with Crippen molar-refractivity contribution in [1.82, 2.24) is 0 Å². The molecule has 0 bridgehead atoms. The number of hydrogen-bond acceptors (Lipinski definition) is 4. The van der Waals surface area contributed by atoms with E-state index in [0.29, 0.717) is 0 Å². The van der Waals surface area contributed by atoms with Gasteiger partial charge in [-0.25, -0.2) is 0 Å². The molecule has 2 aliphatic heterocycles. The highest BCUT2D eigenvalue weighted by molar-refractivity contribution is 7.26. The summed E-state index contributed by atoms with van der Waals surface area (Å²) in [5, 5.41) is 2.75. The van der Waals surface area contributed by atoms with Crippen LogP contribution in [0.5, 0.6) is 0 Å². The first-order valence-electron chi connectivity index (χ1n) is 38.0. The van der Waals surface area contributed by atoms with Crippen LogP contribution >= 0.6 is 11.3 Å². The van der Waals surface area contributed by atoms with Gasteiger partial charge in [0, 0.05) is 49.8 Å². The van der Waals surface area contributed by atoms with Crippen LogP contribution in [-0.2, 0) is 59.6 Å². The summed E-state index contributed by atoms with van der Waals surface area (Å²) in [4.78, 5) is 8.40. The molecule has 8 aromatic carbocycles. The third-order valence-electron chi connectivity index (χ3n) is 27.1. The second-order valence-corrected chi connectivity index (χ2v) is 41.1. The van der Waals surface area contributed by atoms with Gasteiger partial charge >= 0.3 is 6.85 Å². The van der Waals surface area contributed by atoms with E-state index in [4.69, 9.17) is 0 Å². The van der Waals surface area contributed by atoms with Gasteiger partial charge in [0.15, 0.2) is 0 Å². The van der Waals surface area contributed by atoms with E-state index >= 15 is 0 Å². The van der Waals surface area contributed by atoms with E-state index in [1.165, 1.54) is 181 Å². The van der Waals surface area contributed by atoms with Crippen molar-refractivity contribution >= 4 is 84.0 Å². The summed E-state index contributed by atoms with van der Waals surface area (Å²) in [5.41, 5.74) is 35.8. The molecule has 5 aliphatic carbocycles. The van der Waals surface area contributed by atoms with Gasteiger partial charge in [-0.2, -0.15) is 0 Å². The van der Waals surface area contributed by atoms with Gasteiger partial charge < -0.3 is 14.6 Å². The monoisotopic (exact) mass is 1330 g/mol. The van der Waals surface area contributed by atoms with Gasteiger partial charge in [-0.05, 0) is 297 Å². The van der Waals surface area contributed by atoms with Crippen molar-refractivity contribution < 1.29 is 0 Å². The fraction of sp³-hybridized carbons (Fsp3) is 0.468. The quantitative estimate of drug-likeness (QED) is 0.159. The number of rotatable bonds is 5. The van der Waals surface area contributed by atoms with Crippen LogP contribution in [0.1, 0.15) is 290 Å². The molecule has 0 saturated carbocycles. The van der Waals surface area contributed by atoms with Crippen molar-refractivity contribution in [3.8, 4) is 22.3 Å². The van der Waals surface area contributed by atoms with Gasteiger partial charge in [-0.15, -0.1) is 11.3 Å².